The van der Waals surface area contributed by atoms with Crippen molar-refractivity contribution in [1.29, 1.82) is 0 Å². The van der Waals surface area contributed by atoms with E-state index in [1.807, 2.05) is 0 Å². The zero-order valence-corrected chi connectivity index (χ0v) is 14.5. The number of aryl methyl sites for hydroxylation is 1. The SMILES string of the molecule is Cc1cc(C(=O)Nc2ccc3c(O)c(S(=O)(=O)O)ccc3c2)ccc1N. The smallest absolute Gasteiger partial charge is 0.298 e. The number of phenolic OH excluding ortho intramolecular Hbond substituents is 1. The number of nitrogens with one attached hydrogen (secondary N) is 1. The van der Waals surface area contributed by atoms with Crippen molar-refractivity contribution in [2.24, 2.45) is 0 Å². The molecule has 134 valence electrons. The van der Waals surface area contributed by atoms with E-state index in [2.05, 4.69) is 5.32 Å². The van der Waals surface area contributed by atoms with Gasteiger partial charge < -0.3 is 16.2 Å². The van der Waals surface area contributed by atoms with E-state index in [0.717, 1.165) is 11.6 Å². The number of nitrogens with two attached hydrogens (primary N) is 1. The molecule has 0 bridgehead atoms. The van der Waals surface area contributed by atoms with Crippen LogP contribution < -0.4 is 11.1 Å². The Kier molecular flexibility index (Phi) is 4.31. The summed E-state index contributed by atoms with van der Waals surface area (Å²) < 4.78 is 31.6. The maximum Gasteiger partial charge on any atom is 0.298 e. The molecule has 8 heteroatoms. The van der Waals surface area contributed by atoms with E-state index in [1.165, 1.54) is 18.2 Å². The number of hydrogen-bond donors (Lipinski definition) is 4. The van der Waals surface area contributed by atoms with E-state index in [4.69, 9.17) is 10.3 Å². The molecule has 3 rings (SSSR count). The van der Waals surface area contributed by atoms with Gasteiger partial charge in [-0.25, -0.2) is 0 Å². The molecule has 0 unspecified atom stereocenters. The minimum atomic E-state index is -4.53. The molecule has 0 spiro atoms. The number of fused-ring (bicyclic) bond motifs is 1. The summed E-state index contributed by atoms with van der Waals surface area (Å²) in [6, 6.07) is 12.0. The number of carbonyl (C=O) groups is 1. The van der Waals surface area contributed by atoms with Gasteiger partial charge in [-0.15, -0.1) is 0 Å². The first-order chi connectivity index (χ1) is 12.2. The fourth-order valence-corrected chi connectivity index (χ4v) is 3.19. The molecule has 0 aromatic heterocycles. The molecule has 0 saturated carbocycles. The van der Waals surface area contributed by atoms with Crippen molar-refractivity contribution < 1.29 is 22.9 Å². The monoisotopic (exact) mass is 372 g/mol. The first-order valence-corrected chi connectivity index (χ1v) is 9.01. The normalized spacial score (nSPS) is 11.5. The third-order valence-electron chi connectivity index (χ3n) is 4.02. The summed E-state index contributed by atoms with van der Waals surface area (Å²) in [4.78, 5) is 11.8. The van der Waals surface area contributed by atoms with Gasteiger partial charge in [0.15, 0.2) is 0 Å². The van der Waals surface area contributed by atoms with Gasteiger partial charge in [-0.05, 0) is 60.3 Å². The first kappa shape index (κ1) is 17.7. The van der Waals surface area contributed by atoms with E-state index in [-0.39, 0.29) is 11.3 Å². The average molecular weight is 372 g/mol. The van der Waals surface area contributed by atoms with Crippen LogP contribution in [-0.4, -0.2) is 24.0 Å². The van der Waals surface area contributed by atoms with E-state index >= 15 is 0 Å². The summed E-state index contributed by atoms with van der Waals surface area (Å²) in [6.45, 7) is 1.80. The number of hydrogen-bond acceptors (Lipinski definition) is 5. The van der Waals surface area contributed by atoms with E-state index in [1.54, 1.807) is 31.2 Å². The number of carbonyl (C=O) groups excluding carboxylic acids is 1. The van der Waals surface area contributed by atoms with Crippen LogP contribution in [0.1, 0.15) is 15.9 Å². The molecule has 26 heavy (non-hydrogen) atoms. The lowest BCUT2D eigenvalue weighted by molar-refractivity contribution is 0.102. The van der Waals surface area contributed by atoms with Gasteiger partial charge in [-0.1, -0.05) is 6.07 Å². The molecule has 0 fully saturated rings. The molecule has 7 nitrogen and oxygen atoms in total. The van der Waals surface area contributed by atoms with E-state index in [9.17, 15) is 18.3 Å². The van der Waals surface area contributed by atoms with Crippen molar-refractivity contribution in [3.8, 4) is 5.75 Å². The van der Waals surface area contributed by atoms with Crippen LogP contribution in [-0.2, 0) is 10.1 Å². The molecule has 0 aliphatic heterocycles. The van der Waals surface area contributed by atoms with E-state index in [0.29, 0.717) is 22.3 Å². The molecule has 0 aliphatic rings. The van der Waals surface area contributed by atoms with Gasteiger partial charge in [0.1, 0.15) is 10.6 Å². The summed E-state index contributed by atoms with van der Waals surface area (Å²) >= 11 is 0. The Morgan fingerprint density at radius 3 is 2.46 bits per heavy atom. The third kappa shape index (κ3) is 3.32. The van der Waals surface area contributed by atoms with Crippen LogP contribution in [0.4, 0.5) is 11.4 Å². The molecular formula is C18H16N2O5S. The topological polar surface area (TPSA) is 130 Å². The van der Waals surface area contributed by atoms with Crippen molar-refractivity contribution in [3.05, 3.63) is 59.7 Å². The zero-order valence-electron chi connectivity index (χ0n) is 13.7. The van der Waals surface area contributed by atoms with Gasteiger partial charge in [-0.3, -0.25) is 9.35 Å². The highest BCUT2D eigenvalue weighted by atomic mass is 32.2. The fourth-order valence-electron chi connectivity index (χ4n) is 2.60. The molecule has 1 amide bonds. The summed E-state index contributed by atoms with van der Waals surface area (Å²) in [6.07, 6.45) is 0. The number of rotatable bonds is 3. The van der Waals surface area contributed by atoms with Gasteiger partial charge >= 0.3 is 0 Å². The van der Waals surface area contributed by atoms with Crippen LogP contribution in [0.5, 0.6) is 5.75 Å². The summed E-state index contributed by atoms with van der Waals surface area (Å²) in [5, 5.41) is 13.5. The highest BCUT2D eigenvalue weighted by Gasteiger charge is 2.17. The Labute approximate surface area is 149 Å². The van der Waals surface area contributed by atoms with Crippen molar-refractivity contribution in [3.63, 3.8) is 0 Å². The average Bonchev–Trinajstić information content (AvgIpc) is 2.56. The fraction of sp³-hybridized carbons (Fsp3) is 0.0556. The van der Waals surface area contributed by atoms with Crippen LogP contribution in [0.2, 0.25) is 0 Å². The highest BCUT2D eigenvalue weighted by molar-refractivity contribution is 7.86. The predicted octanol–water partition coefficient (Wildman–Crippen LogP) is 2.94. The maximum atomic E-state index is 12.4. The third-order valence-corrected chi connectivity index (χ3v) is 4.91. The number of amides is 1. The Balaban J connectivity index is 1.94. The maximum absolute atomic E-state index is 12.4. The second-order valence-corrected chi connectivity index (χ2v) is 7.24. The lowest BCUT2D eigenvalue weighted by Crippen LogP contribution is -2.12. The van der Waals surface area contributed by atoms with Gasteiger partial charge in [0, 0.05) is 22.3 Å². The van der Waals surface area contributed by atoms with Crippen LogP contribution in [0, 0.1) is 6.92 Å². The lowest BCUT2D eigenvalue weighted by atomic mass is 10.1. The largest absolute Gasteiger partial charge is 0.506 e. The second-order valence-electron chi connectivity index (χ2n) is 5.85. The quantitative estimate of drug-likeness (QED) is 0.413. The standard InChI is InChI=1S/C18H16N2O5S/c1-10-8-12(2-6-15(10)19)18(22)20-13-4-5-14-11(9-13)3-7-16(17(14)21)26(23,24)25/h2-9,21H,19H2,1H3,(H,20,22)(H,23,24,25). The summed E-state index contributed by atoms with van der Waals surface area (Å²) in [5.41, 5.74) is 8.04. The van der Waals surface area contributed by atoms with Gasteiger partial charge in [0.2, 0.25) is 0 Å². The van der Waals surface area contributed by atoms with Gasteiger partial charge in [0.05, 0.1) is 0 Å². The van der Waals surface area contributed by atoms with Crippen molar-refractivity contribution in [1.82, 2.24) is 0 Å². The van der Waals surface area contributed by atoms with Crippen molar-refractivity contribution >= 4 is 38.2 Å². The minimum absolute atomic E-state index is 0.237. The van der Waals surface area contributed by atoms with E-state index < -0.39 is 20.8 Å². The molecule has 0 atom stereocenters. The molecule has 0 radical (unpaired) electrons. The molecule has 0 saturated heterocycles. The molecule has 0 aliphatic carbocycles. The zero-order chi connectivity index (χ0) is 19.1. The van der Waals surface area contributed by atoms with Crippen molar-refractivity contribution in [2.45, 2.75) is 11.8 Å². The number of aromatic hydroxyl groups is 1. The van der Waals surface area contributed by atoms with Crippen LogP contribution in [0.3, 0.4) is 0 Å². The highest BCUT2D eigenvalue weighted by Crippen LogP contribution is 2.33. The van der Waals surface area contributed by atoms with Crippen LogP contribution in [0.25, 0.3) is 10.8 Å². The summed E-state index contributed by atoms with van der Waals surface area (Å²) in [7, 11) is -4.53. The van der Waals surface area contributed by atoms with Gasteiger partial charge in [-0.2, -0.15) is 8.42 Å². The number of nitrogen functional groups attached to an aromatic ring is 1. The second kappa shape index (κ2) is 6.32. The minimum Gasteiger partial charge on any atom is -0.506 e. The Morgan fingerprint density at radius 2 is 1.81 bits per heavy atom. The molecule has 3 aromatic rings. The molecule has 3 aromatic carbocycles. The Morgan fingerprint density at radius 1 is 1.08 bits per heavy atom. The van der Waals surface area contributed by atoms with Crippen molar-refractivity contribution in [2.75, 3.05) is 11.1 Å². The number of phenols is 1. The number of benzene rings is 3. The summed E-state index contributed by atoms with van der Waals surface area (Å²) in [5.74, 6) is -0.872. The Bertz CT molecular complexity index is 1140. The molecule has 5 N–H and O–H groups in total. The predicted molar refractivity (Wildman–Crippen MR) is 99.0 cm³/mol. The number of anilines is 2. The van der Waals surface area contributed by atoms with Gasteiger partial charge in [0.25, 0.3) is 16.0 Å². The van der Waals surface area contributed by atoms with Crippen LogP contribution in [0.15, 0.2) is 53.4 Å². The molecular weight excluding hydrogens is 356 g/mol. The van der Waals surface area contributed by atoms with Crippen LogP contribution >= 0.6 is 0 Å². The Hall–Kier alpha value is -3.10. The molecule has 0 heterocycles. The first-order valence-electron chi connectivity index (χ1n) is 7.57. The lowest BCUT2D eigenvalue weighted by Gasteiger charge is -2.10.